The second kappa shape index (κ2) is 4.66. The van der Waals surface area contributed by atoms with E-state index in [1.165, 1.54) is 22.7 Å². The van der Waals surface area contributed by atoms with Crippen molar-refractivity contribution in [2.24, 2.45) is 0 Å². The molecule has 0 saturated heterocycles. The molecule has 21 heavy (non-hydrogen) atoms. The van der Waals surface area contributed by atoms with Crippen LogP contribution in [0.5, 0.6) is 0 Å². The molecule has 0 bridgehead atoms. The largest absolute Gasteiger partial charge is 0.389 e. The number of fused-ring (bicyclic) bond motifs is 1. The number of aromatic nitrogens is 3. The van der Waals surface area contributed by atoms with Crippen molar-refractivity contribution in [1.82, 2.24) is 14.5 Å². The van der Waals surface area contributed by atoms with Gasteiger partial charge in [-0.25, -0.2) is 0 Å². The SMILES string of the molecule is Cc1nsc(N)c1-c1nc(C2Cc3ccccc3C2)no1. The van der Waals surface area contributed by atoms with Crippen LogP contribution >= 0.6 is 11.5 Å². The topological polar surface area (TPSA) is 77.8 Å². The van der Waals surface area contributed by atoms with E-state index in [9.17, 15) is 0 Å². The van der Waals surface area contributed by atoms with Gasteiger partial charge in [0.2, 0.25) is 0 Å². The van der Waals surface area contributed by atoms with Gasteiger partial charge in [0.15, 0.2) is 5.82 Å². The second-order valence-corrected chi connectivity index (χ2v) is 6.14. The van der Waals surface area contributed by atoms with Gasteiger partial charge in [0.05, 0.1) is 11.3 Å². The van der Waals surface area contributed by atoms with Gasteiger partial charge in [-0.3, -0.25) is 0 Å². The van der Waals surface area contributed by atoms with E-state index in [-0.39, 0.29) is 5.92 Å². The Hall–Kier alpha value is -2.21. The molecule has 0 fully saturated rings. The molecule has 0 saturated carbocycles. The summed E-state index contributed by atoms with van der Waals surface area (Å²) in [6.45, 7) is 1.90. The van der Waals surface area contributed by atoms with Crippen LogP contribution in [0.25, 0.3) is 11.5 Å². The third kappa shape index (κ3) is 2.03. The highest BCUT2D eigenvalue weighted by Crippen LogP contribution is 2.35. The van der Waals surface area contributed by atoms with Gasteiger partial charge in [-0.1, -0.05) is 29.4 Å². The number of hydrogen-bond acceptors (Lipinski definition) is 6. The molecule has 2 heterocycles. The average molecular weight is 298 g/mol. The van der Waals surface area contributed by atoms with Gasteiger partial charge in [-0.15, -0.1) is 0 Å². The lowest BCUT2D eigenvalue weighted by molar-refractivity contribution is 0.416. The van der Waals surface area contributed by atoms with Crippen LogP contribution in [0.1, 0.15) is 28.6 Å². The van der Waals surface area contributed by atoms with Crippen molar-refractivity contribution >= 4 is 16.5 Å². The molecule has 0 aliphatic heterocycles. The predicted octanol–water partition coefficient (Wildman–Crippen LogP) is 2.97. The summed E-state index contributed by atoms with van der Waals surface area (Å²) < 4.78 is 9.63. The van der Waals surface area contributed by atoms with Crippen molar-refractivity contribution in [2.45, 2.75) is 25.7 Å². The number of rotatable bonds is 2. The molecule has 2 aromatic heterocycles. The molecular formula is C15H14N4OS. The van der Waals surface area contributed by atoms with Crippen LogP contribution in [-0.4, -0.2) is 14.5 Å². The standard InChI is InChI=1S/C15H14N4OS/c1-8-12(13(16)21-19-8)15-17-14(18-20-15)11-6-9-4-2-3-5-10(9)7-11/h2-5,11H,6-7,16H2,1H3. The molecule has 1 aliphatic carbocycles. The van der Waals surface area contributed by atoms with Crippen molar-refractivity contribution in [3.8, 4) is 11.5 Å². The quantitative estimate of drug-likeness (QED) is 0.787. The summed E-state index contributed by atoms with van der Waals surface area (Å²) in [6.07, 6.45) is 1.93. The summed E-state index contributed by atoms with van der Waals surface area (Å²) >= 11 is 1.26. The average Bonchev–Trinajstić information content (AvgIpc) is 3.17. The molecule has 3 aromatic rings. The van der Waals surface area contributed by atoms with Crippen LogP contribution < -0.4 is 5.73 Å². The van der Waals surface area contributed by atoms with Crippen LogP contribution in [0.2, 0.25) is 0 Å². The van der Waals surface area contributed by atoms with Crippen molar-refractivity contribution in [3.63, 3.8) is 0 Å². The molecule has 0 radical (unpaired) electrons. The number of aryl methyl sites for hydroxylation is 1. The molecular weight excluding hydrogens is 284 g/mol. The fraction of sp³-hybridized carbons (Fsp3) is 0.267. The van der Waals surface area contributed by atoms with E-state index in [1.807, 2.05) is 6.92 Å². The van der Waals surface area contributed by atoms with Crippen LogP contribution in [-0.2, 0) is 12.8 Å². The number of nitrogens with zero attached hydrogens (tertiary/aromatic N) is 3. The third-order valence-electron chi connectivity index (χ3n) is 3.96. The van der Waals surface area contributed by atoms with Gasteiger partial charge in [0.1, 0.15) is 5.00 Å². The van der Waals surface area contributed by atoms with Gasteiger partial charge >= 0.3 is 0 Å². The zero-order valence-electron chi connectivity index (χ0n) is 11.5. The molecule has 2 N–H and O–H groups in total. The van der Waals surface area contributed by atoms with E-state index in [4.69, 9.17) is 10.3 Å². The maximum absolute atomic E-state index is 5.93. The Bertz CT molecular complexity index is 763. The maximum atomic E-state index is 5.93. The number of anilines is 1. The molecule has 4 rings (SSSR count). The molecule has 5 nitrogen and oxygen atoms in total. The van der Waals surface area contributed by atoms with Crippen LogP contribution in [0.3, 0.4) is 0 Å². The van der Waals surface area contributed by atoms with Crippen molar-refractivity contribution in [1.29, 1.82) is 0 Å². The Morgan fingerprint density at radius 1 is 1.24 bits per heavy atom. The van der Waals surface area contributed by atoms with Crippen LogP contribution in [0.4, 0.5) is 5.00 Å². The predicted molar refractivity (Wildman–Crippen MR) is 81.1 cm³/mol. The lowest BCUT2D eigenvalue weighted by Crippen LogP contribution is -2.00. The van der Waals surface area contributed by atoms with Gasteiger partial charge in [-0.05, 0) is 42.4 Å². The number of hydrogen-bond donors (Lipinski definition) is 1. The summed E-state index contributed by atoms with van der Waals surface area (Å²) in [7, 11) is 0. The summed E-state index contributed by atoms with van der Waals surface area (Å²) in [4.78, 5) is 4.55. The zero-order chi connectivity index (χ0) is 14.4. The molecule has 1 aromatic carbocycles. The monoisotopic (exact) mass is 298 g/mol. The lowest BCUT2D eigenvalue weighted by atomic mass is 10.1. The Labute approximate surface area is 126 Å². The molecule has 106 valence electrons. The normalized spacial score (nSPS) is 14.5. The van der Waals surface area contributed by atoms with E-state index in [1.54, 1.807) is 0 Å². The van der Waals surface area contributed by atoms with Crippen molar-refractivity contribution < 1.29 is 4.52 Å². The second-order valence-electron chi connectivity index (χ2n) is 5.34. The number of nitrogens with two attached hydrogens (primary N) is 1. The molecule has 6 heteroatoms. The lowest BCUT2D eigenvalue weighted by Gasteiger charge is -2.00. The van der Waals surface area contributed by atoms with E-state index in [0.717, 1.165) is 29.9 Å². The maximum Gasteiger partial charge on any atom is 0.262 e. The van der Waals surface area contributed by atoms with Crippen LogP contribution in [0, 0.1) is 6.92 Å². The fourth-order valence-corrected chi connectivity index (χ4v) is 3.54. The first-order valence-electron chi connectivity index (χ1n) is 6.85. The van der Waals surface area contributed by atoms with E-state index in [0.29, 0.717) is 10.9 Å². The van der Waals surface area contributed by atoms with Gasteiger partial charge in [0, 0.05) is 5.92 Å². The minimum Gasteiger partial charge on any atom is -0.389 e. The summed E-state index contributed by atoms with van der Waals surface area (Å²) in [5, 5.41) is 4.78. The summed E-state index contributed by atoms with van der Waals surface area (Å²) in [6, 6.07) is 8.48. The highest BCUT2D eigenvalue weighted by Gasteiger charge is 2.27. The zero-order valence-corrected chi connectivity index (χ0v) is 12.4. The fourth-order valence-electron chi connectivity index (χ4n) is 2.89. The Morgan fingerprint density at radius 2 is 1.95 bits per heavy atom. The van der Waals surface area contributed by atoms with E-state index >= 15 is 0 Å². The highest BCUT2D eigenvalue weighted by molar-refractivity contribution is 7.10. The first kappa shape index (κ1) is 12.5. The highest BCUT2D eigenvalue weighted by atomic mass is 32.1. The van der Waals surface area contributed by atoms with Crippen molar-refractivity contribution in [3.05, 3.63) is 46.9 Å². The third-order valence-corrected chi connectivity index (χ3v) is 4.73. The minimum absolute atomic E-state index is 0.285. The molecule has 0 amide bonds. The van der Waals surface area contributed by atoms with Crippen LogP contribution in [0.15, 0.2) is 28.8 Å². The first-order chi connectivity index (χ1) is 10.2. The Morgan fingerprint density at radius 3 is 2.57 bits per heavy atom. The smallest absolute Gasteiger partial charge is 0.262 e. The molecule has 0 atom stereocenters. The molecule has 0 spiro atoms. The van der Waals surface area contributed by atoms with Gasteiger partial charge in [-0.2, -0.15) is 9.36 Å². The number of benzene rings is 1. The molecule has 0 unspecified atom stereocenters. The Balaban J connectivity index is 1.65. The number of nitrogen functional groups attached to an aromatic ring is 1. The molecule has 1 aliphatic rings. The van der Waals surface area contributed by atoms with Gasteiger partial charge < -0.3 is 10.3 Å². The van der Waals surface area contributed by atoms with Gasteiger partial charge in [0.25, 0.3) is 5.89 Å². The Kier molecular flexibility index (Phi) is 2.78. The first-order valence-corrected chi connectivity index (χ1v) is 7.62. The summed E-state index contributed by atoms with van der Waals surface area (Å²) in [5.74, 6) is 1.52. The van der Waals surface area contributed by atoms with E-state index in [2.05, 4.69) is 38.8 Å². The summed E-state index contributed by atoms with van der Waals surface area (Å²) in [5.41, 5.74) is 10.3. The van der Waals surface area contributed by atoms with E-state index < -0.39 is 0 Å². The van der Waals surface area contributed by atoms with Crippen molar-refractivity contribution in [2.75, 3.05) is 5.73 Å². The minimum atomic E-state index is 0.285.